The lowest BCUT2D eigenvalue weighted by atomic mass is 10.1. The highest BCUT2D eigenvalue weighted by Crippen LogP contribution is 2.22. The van der Waals surface area contributed by atoms with Crippen molar-refractivity contribution in [3.8, 4) is 6.07 Å². The van der Waals surface area contributed by atoms with E-state index in [1.165, 1.54) is 5.56 Å². The molecule has 0 aliphatic heterocycles. The first-order valence-electron chi connectivity index (χ1n) is 7.11. The van der Waals surface area contributed by atoms with Gasteiger partial charge in [0.15, 0.2) is 0 Å². The lowest BCUT2D eigenvalue weighted by Gasteiger charge is -2.26. The highest BCUT2D eigenvalue weighted by Gasteiger charge is 2.11. The molecular formula is C16H25N3. The van der Waals surface area contributed by atoms with Gasteiger partial charge >= 0.3 is 0 Å². The van der Waals surface area contributed by atoms with Crippen LogP contribution in [0.15, 0.2) is 18.2 Å². The summed E-state index contributed by atoms with van der Waals surface area (Å²) in [5, 5.41) is 12.6. The third-order valence-electron chi connectivity index (χ3n) is 3.07. The molecule has 1 N–H and O–H groups in total. The Kier molecular flexibility index (Phi) is 6.38. The molecule has 0 radical (unpaired) electrons. The van der Waals surface area contributed by atoms with Gasteiger partial charge in [0.25, 0.3) is 0 Å². The number of nitrogens with one attached hydrogen (secondary N) is 1. The molecule has 0 saturated carbocycles. The van der Waals surface area contributed by atoms with Crippen molar-refractivity contribution in [3.05, 3.63) is 29.3 Å². The van der Waals surface area contributed by atoms with E-state index in [-0.39, 0.29) is 0 Å². The Morgan fingerprint density at radius 2 is 2.05 bits per heavy atom. The Morgan fingerprint density at radius 3 is 2.58 bits per heavy atom. The summed E-state index contributed by atoms with van der Waals surface area (Å²) in [6.45, 7) is 12.3. The zero-order chi connectivity index (χ0) is 14.3. The van der Waals surface area contributed by atoms with Crippen molar-refractivity contribution in [2.24, 2.45) is 5.92 Å². The van der Waals surface area contributed by atoms with Gasteiger partial charge in [-0.05, 0) is 37.1 Å². The minimum absolute atomic E-state index is 0.591. The second-order valence-corrected chi connectivity index (χ2v) is 5.18. The van der Waals surface area contributed by atoms with Gasteiger partial charge in [0.1, 0.15) is 6.07 Å². The molecule has 1 aromatic carbocycles. The quantitative estimate of drug-likeness (QED) is 0.817. The second-order valence-electron chi connectivity index (χ2n) is 5.18. The Bertz CT molecular complexity index is 432. The summed E-state index contributed by atoms with van der Waals surface area (Å²) in [5.41, 5.74) is 3.00. The van der Waals surface area contributed by atoms with Gasteiger partial charge in [-0.25, -0.2) is 0 Å². The summed E-state index contributed by atoms with van der Waals surface area (Å²) in [7, 11) is 0. The molecule has 1 aromatic rings. The number of nitrogens with zero attached hydrogens (tertiary/aromatic N) is 2. The van der Waals surface area contributed by atoms with Gasteiger partial charge in [0.05, 0.1) is 11.3 Å². The monoisotopic (exact) mass is 259 g/mol. The predicted octanol–water partition coefficient (Wildman–Crippen LogP) is 3.15. The van der Waals surface area contributed by atoms with Crippen molar-refractivity contribution >= 4 is 5.69 Å². The van der Waals surface area contributed by atoms with Crippen LogP contribution < -0.4 is 10.2 Å². The van der Waals surface area contributed by atoms with Crippen LogP contribution in [0, 0.1) is 17.2 Å². The number of nitriles is 1. The van der Waals surface area contributed by atoms with E-state index in [2.05, 4.69) is 56.1 Å². The number of anilines is 1. The van der Waals surface area contributed by atoms with Crippen LogP contribution in [0.5, 0.6) is 0 Å². The molecule has 0 spiro atoms. The fourth-order valence-corrected chi connectivity index (χ4v) is 2.17. The van der Waals surface area contributed by atoms with Crippen LogP contribution in [0.2, 0.25) is 0 Å². The van der Waals surface area contributed by atoms with Gasteiger partial charge in [-0.3, -0.25) is 0 Å². The van der Waals surface area contributed by atoms with Crippen LogP contribution in [0.4, 0.5) is 5.69 Å². The van der Waals surface area contributed by atoms with Gasteiger partial charge in [-0.2, -0.15) is 5.26 Å². The SMILES string of the molecule is CCNCc1ccc(N(CC)CC(C)C)c(C#N)c1. The van der Waals surface area contributed by atoms with Crippen LogP contribution in [-0.4, -0.2) is 19.6 Å². The third-order valence-corrected chi connectivity index (χ3v) is 3.07. The first kappa shape index (κ1) is 15.5. The highest BCUT2D eigenvalue weighted by atomic mass is 15.1. The van der Waals surface area contributed by atoms with Gasteiger partial charge in [0.2, 0.25) is 0 Å². The lowest BCUT2D eigenvalue weighted by Crippen LogP contribution is -2.28. The maximum Gasteiger partial charge on any atom is 0.101 e. The largest absolute Gasteiger partial charge is 0.370 e. The van der Waals surface area contributed by atoms with Gasteiger partial charge in [-0.1, -0.05) is 26.8 Å². The zero-order valence-electron chi connectivity index (χ0n) is 12.5. The molecule has 0 fully saturated rings. The summed E-state index contributed by atoms with van der Waals surface area (Å²) in [6, 6.07) is 8.53. The summed E-state index contributed by atoms with van der Waals surface area (Å²) in [4.78, 5) is 2.28. The molecule has 104 valence electrons. The Hall–Kier alpha value is -1.53. The zero-order valence-corrected chi connectivity index (χ0v) is 12.5. The smallest absolute Gasteiger partial charge is 0.101 e. The predicted molar refractivity (Wildman–Crippen MR) is 81.3 cm³/mol. The van der Waals surface area contributed by atoms with Crippen LogP contribution in [0.1, 0.15) is 38.8 Å². The normalized spacial score (nSPS) is 10.5. The van der Waals surface area contributed by atoms with Crippen LogP contribution in [0.25, 0.3) is 0 Å². The molecule has 0 amide bonds. The van der Waals surface area contributed by atoms with Gasteiger partial charge < -0.3 is 10.2 Å². The van der Waals surface area contributed by atoms with Crippen LogP contribution in [-0.2, 0) is 6.54 Å². The molecule has 0 atom stereocenters. The fourth-order valence-electron chi connectivity index (χ4n) is 2.17. The van der Waals surface area contributed by atoms with Crippen molar-refractivity contribution in [2.45, 2.75) is 34.2 Å². The summed E-state index contributed by atoms with van der Waals surface area (Å²) >= 11 is 0. The minimum atomic E-state index is 0.591. The number of hydrogen-bond acceptors (Lipinski definition) is 3. The average molecular weight is 259 g/mol. The molecule has 1 rings (SSSR count). The van der Waals surface area contributed by atoms with Crippen LogP contribution in [0.3, 0.4) is 0 Å². The van der Waals surface area contributed by atoms with E-state index in [4.69, 9.17) is 0 Å². The van der Waals surface area contributed by atoms with E-state index in [0.717, 1.165) is 37.4 Å². The topological polar surface area (TPSA) is 39.1 Å². The molecule has 19 heavy (non-hydrogen) atoms. The van der Waals surface area contributed by atoms with Gasteiger partial charge in [0, 0.05) is 19.6 Å². The molecular weight excluding hydrogens is 234 g/mol. The van der Waals surface area contributed by atoms with E-state index in [1.807, 2.05) is 6.07 Å². The first-order valence-corrected chi connectivity index (χ1v) is 7.11. The van der Waals surface area contributed by atoms with Gasteiger partial charge in [-0.15, -0.1) is 0 Å². The Balaban J connectivity index is 2.97. The van der Waals surface area contributed by atoms with E-state index < -0.39 is 0 Å². The highest BCUT2D eigenvalue weighted by molar-refractivity contribution is 5.60. The van der Waals surface area contributed by atoms with E-state index in [9.17, 15) is 5.26 Å². The Labute approximate surface area is 117 Å². The Morgan fingerprint density at radius 1 is 1.32 bits per heavy atom. The minimum Gasteiger partial charge on any atom is -0.370 e. The molecule has 3 nitrogen and oxygen atoms in total. The standard InChI is InChI=1S/C16H25N3/c1-5-18-11-14-7-8-16(15(9-14)10-17)19(6-2)12-13(3)4/h7-9,13,18H,5-6,11-12H2,1-4H3. The third kappa shape index (κ3) is 4.57. The van der Waals surface area contributed by atoms with Crippen LogP contribution >= 0.6 is 0 Å². The van der Waals surface area contributed by atoms with E-state index in [1.54, 1.807) is 0 Å². The molecule has 3 heteroatoms. The van der Waals surface area contributed by atoms with Crippen molar-refractivity contribution < 1.29 is 0 Å². The molecule has 0 saturated heterocycles. The molecule has 0 heterocycles. The summed E-state index contributed by atoms with van der Waals surface area (Å²) in [6.07, 6.45) is 0. The first-order chi connectivity index (χ1) is 9.12. The average Bonchev–Trinajstić information content (AvgIpc) is 2.42. The second kappa shape index (κ2) is 7.81. The number of hydrogen-bond donors (Lipinski definition) is 1. The van der Waals surface area contributed by atoms with Crippen molar-refractivity contribution in [2.75, 3.05) is 24.5 Å². The van der Waals surface area contributed by atoms with E-state index >= 15 is 0 Å². The van der Waals surface area contributed by atoms with Crippen molar-refractivity contribution in [1.29, 1.82) is 5.26 Å². The number of rotatable bonds is 7. The van der Waals surface area contributed by atoms with Crippen molar-refractivity contribution in [1.82, 2.24) is 5.32 Å². The molecule has 0 aliphatic rings. The molecule has 0 aliphatic carbocycles. The summed E-state index contributed by atoms with van der Waals surface area (Å²) in [5.74, 6) is 0.591. The number of benzene rings is 1. The molecule has 0 bridgehead atoms. The van der Waals surface area contributed by atoms with E-state index in [0.29, 0.717) is 5.92 Å². The fraction of sp³-hybridized carbons (Fsp3) is 0.562. The maximum atomic E-state index is 9.35. The maximum absolute atomic E-state index is 9.35. The summed E-state index contributed by atoms with van der Waals surface area (Å²) < 4.78 is 0. The molecule has 0 unspecified atom stereocenters. The lowest BCUT2D eigenvalue weighted by molar-refractivity contribution is 0.618. The molecule has 0 aromatic heterocycles. The van der Waals surface area contributed by atoms with Crippen molar-refractivity contribution in [3.63, 3.8) is 0 Å².